The molecule has 1 aromatic heterocycles. The van der Waals surface area contributed by atoms with Crippen LogP contribution in [0.1, 0.15) is 28.0 Å². The van der Waals surface area contributed by atoms with E-state index in [-0.39, 0.29) is 43.8 Å². The first-order valence-corrected chi connectivity index (χ1v) is 11.7. The smallest absolute Gasteiger partial charge is 0.257 e. The van der Waals surface area contributed by atoms with Crippen molar-refractivity contribution >= 4 is 11.8 Å². The van der Waals surface area contributed by atoms with Gasteiger partial charge in [-0.25, -0.2) is 14.4 Å². The summed E-state index contributed by atoms with van der Waals surface area (Å²) in [6.45, 7) is 2.95. The molecule has 0 bridgehead atoms. The molecule has 0 aliphatic carbocycles. The number of amides is 2. The van der Waals surface area contributed by atoms with Crippen LogP contribution >= 0.6 is 0 Å². The molecule has 9 heteroatoms. The zero-order valence-electron chi connectivity index (χ0n) is 20.4. The lowest BCUT2D eigenvalue weighted by molar-refractivity contribution is -0.152. The van der Waals surface area contributed by atoms with Crippen LogP contribution in [0.2, 0.25) is 0 Å². The van der Waals surface area contributed by atoms with Crippen molar-refractivity contribution in [2.45, 2.75) is 25.5 Å². The summed E-state index contributed by atoms with van der Waals surface area (Å²) in [5.41, 5.74) is 0.896. The molecule has 4 rings (SSSR count). The van der Waals surface area contributed by atoms with Gasteiger partial charge in [-0.2, -0.15) is 0 Å². The van der Waals surface area contributed by atoms with E-state index in [2.05, 4.69) is 9.97 Å². The van der Waals surface area contributed by atoms with Gasteiger partial charge in [-0.3, -0.25) is 9.59 Å². The van der Waals surface area contributed by atoms with Gasteiger partial charge in [-0.05, 0) is 36.8 Å². The molecule has 1 saturated heterocycles. The Balaban J connectivity index is 1.53. The molecule has 2 aromatic carbocycles. The molecule has 0 saturated carbocycles. The highest BCUT2D eigenvalue weighted by Crippen LogP contribution is 2.27. The minimum atomic E-state index is -1.09. The number of hydrogen-bond donors (Lipinski definition) is 0. The van der Waals surface area contributed by atoms with Crippen molar-refractivity contribution in [1.29, 1.82) is 0 Å². The topological polar surface area (TPSA) is 84.9 Å². The van der Waals surface area contributed by atoms with Crippen LogP contribution in [-0.2, 0) is 16.1 Å². The lowest BCUT2D eigenvalue weighted by Gasteiger charge is -2.42. The monoisotopic (exact) mass is 492 g/mol. The fourth-order valence-electron chi connectivity index (χ4n) is 4.14. The van der Waals surface area contributed by atoms with Gasteiger partial charge in [0, 0.05) is 26.3 Å². The number of rotatable bonds is 8. The highest BCUT2D eigenvalue weighted by atomic mass is 19.1. The van der Waals surface area contributed by atoms with Crippen molar-refractivity contribution in [2.75, 3.05) is 33.4 Å². The fraction of sp³-hybridized carbons (Fsp3) is 0.333. The van der Waals surface area contributed by atoms with E-state index in [1.807, 2.05) is 30.3 Å². The van der Waals surface area contributed by atoms with Gasteiger partial charge in [-0.1, -0.05) is 30.3 Å². The van der Waals surface area contributed by atoms with Gasteiger partial charge < -0.3 is 19.3 Å². The number of aromatic nitrogens is 2. The Kier molecular flexibility index (Phi) is 7.90. The molecule has 36 heavy (non-hydrogen) atoms. The van der Waals surface area contributed by atoms with Gasteiger partial charge in [0.15, 0.2) is 0 Å². The molecule has 188 valence electrons. The molecular weight excluding hydrogens is 463 g/mol. The van der Waals surface area contributed by atoms with Crippen LogP contribution in [0.4, 0.5) is 4.39 Å². The van der Waals surface area contributed by atoms with Crippen LogP contribution in [0.25, 0.3) is 0 Å². The minimum Gasteiger partial charge on any atom is -0.490 e. The molecule has 2 amide bonds. The largest absolute Gasteiger partial charge is 0.490 e. The Bertz CT molecular complexity index is 1190. The van der Waals surface area contributed by atoms with E-state index >= 15 is 0 Å². The second kappa shape index (κ2) is 11.3. The van der Waals surface area contributed by atoms with Gasteiger partial charge in [0.2, 0.25) is 5.91 Å². The first kappa shape index (κ1) is 25.2. The van der Waals surface area contributed by atoms with E-state index in [1.54, 1.807) is 23.8 Å². The van der Waals surface area contributed by atoms with E-state index in [0.29, 0.717) is 30.1 Å². The standard InChI is InChI=1S/C27H29FN4O4/c1-20-24(15-29-19-30-20)26(34)32-12-13-36-27(17-32,18-35-23-10-8-22(28)9-11-23)14-25(33)31(2)16-21-6-4-3-5-7-21/h3-11,15,19H,12-14,16-18H2,1-2H3/t27-/m1/s1. The summed E-state index contributed by atoms with van der Waals surface area (Å²) < 4.78 is 25.4. The quantitative estimate of drug-likeness (QED) is 0.480. The number of hydrogen-bond acceptors (Lipinski definition) is 6. The van der Waals surface area contributed by atoms with E-state index < -0.39 is 5.60 Å². The van der Waals surface area contributed by atoms with Gasteiger partial charge in [-0.15, -0.1) is 0 Å². The number of carbonyl (C=O) groups is 2. The van der Waals surface area contributed by atoms with Crippen molar-refractivity contribution in [3.63, 3.8) is 0 Å². The van der Waals surface area contributed by atoms with Gasteiger partial charge in [0.25, 0.3) is 5.91 Å². The molecule has 0 N–H and O–H groups in total. The molecule has 1 aliphatic rings. The average molecular weight is 493 g/mol. The van der Waals surface area contributed by atoms with Crippen molar-refractivity contribution in [2.24, 2.45) is 0 Å². The third-order valence-electron chi connectivity index (χ3n) is 6.15. The van der Waals surface area contributed by atoms with E-state index in [9.17, 15) is 14.0 Å². The maximum atomic E-state index is 13.3. The summed E-state index contributed by atoms with van der Waals surface area (Å²) in [6.07, 6.45) is 2.90. The lowest BCUT2D eigenvalue weighted by Crippen LogP contribution is -2.58. The third kappa shape index (κ3) is 6.23. The molecule has 0 unspecified atom stereocenters. The predicted octanol–water partition coefficient (Wildman–Crippen LogP) is 3.26. The molecule has 1 fully saturated rings. The minimum absolute atomic E-state index is 0.00554. The van der Waals surface area contributed by atoms with Crippen LogP contribution in [0.3, 0.4) is 0 Å². The predicted molar refractivity (Wildman–Crippen MR) is 131 cm³/mol. The number of aryl methyl sites for hydroxylation is 1. The summed E-state index contributed by atoms with van der Waals surface area (Å²) >= 11 is 0. The zero-order chi connectivity index (χ0) is 25.5. The molecule has 2 heterocycles. The lowest BCUT2D eigenvalue weighted by atomic mass is 9.96. The maximum Gasteiger partial charge on any atom is 0.257 e. The van der Waals surface area contributed by atoms with E-state index in [4.69, 9.17) is 9.47 Å². The van der Waals surface area contributed by atoms with Gasteiger partial charge >= 0.3 is 0 Å². The van der Waals surface area contributed by atoms with Crippen LogP contribution in [-0.4, -0.2) is 70.5 Å². The summed E-state index contributed by atoms with van der Waals surface area (Å²) in [5.74, 6) is -0.302. The van der Waals surface area contributed by atoms with Crippen molar-refractivity contribution in [3.05, 3.63) is 89.8 Å². The summed E-state index contributed by atoms with van der Waals surface area (Å²) in [5, 5.41) is 0. The highest BCUT2D eigenvalue weighted by Gasteiger charge is 2.42. The second-order valence-corrected chi connectivity index (χ2v) is 8.93. The van der Waals surface area contributed by atoms with Crippen LogP contribution < -0.4 is 4.74 Å². The van der Waals surface area contributed by atoms with Gasteiger partial charge in [0.05, 0.1) is 30.8 Å². The normalized spacial score (nSPS) is 17.5. The highest BCUT2D eigenvalue weighted by molar-refractivity contribution is 5.95. The Hall–Kier alpha value is -3.85. The molecule has 1 aliphatic heterocycles. The van der Waals surface area contributed by atoms with E-state index in [0.717, 1.165) is 5.56 Å². The van der Waals surface area contributed by atoms with Crippen LogP contribution in [0.5, 0.6) is 5.75 Å². The first-order chi connectivity index (χ1) is 17.3. The number of nitrogens with zero attached hydrogens (tertiary/aromatic N) is 4. The first-order valence-electron chi connectivity index (χ1n) is 11.7. The second-order valence-electron chi connectivity index (χ2n) is 8.93. The van der Waals surface area contributed by atoms with Gasteiger partial charge in [0.1, 0.15) is 30.1 Å². The van der Waals surface area contributed by atoms with Crippen LogP contribution in [0.15, 0.2) is 67.1 Å². The summed E-state index contributed by atoms with van der Waals surface area (Å²) in [6, 6.07) is 15.3. The maximum absolute atomic E-state index is 13.3. The SMILES string of the molecule is Cc1ncncc1C(=O)N1CCO[C@](COc2ccc(F)cc2)(CC(=O)N(C)Cc2ccccc2)C1. The fourth-order valence-corrected chi connectivity index (χ4v) is 4.14. The number of carbonyl (C=O) groups excluding carboxylic acids is 2. The Morgan fingerprint density at radius 3 is 2.64 bits per heavy atom. The zero-order valence-corrected chi connectivity index (χ0v) is 20.4. The van der Waals surface area contributed by atoms with Crippen molar-refractivity contribution < 1.29 is 23.5 Å². The number of morpholine rings is 1. The molecule has 1 atom stereocenters. The molecule has 3 aromatic rings. The van der Waals surface area contributed by atoms with Crippen molar-refractivity contribution in [1.82, 2.24) is 19.8 Å². The Morgan fingerprint density at radius 1 is 1.17 bits per heavy atom. The summed E-state index contributed by atoms with van der Waals surface area (Å²) in [4.78, 5) is 38.0. The number of halogens is 1. The number of benzene rings is 2. The molecule has 0 spiro atoms. The number of ether oxygens (including phenoxy) is 2. The molecule has 8 nitrogen and oxygen atoms in total. The third-order valence-corrected chi connectivity index (χ3v) is 6.15. The summed E-state index contributed by atoms with van der Waals surface area (Å²) in [7, 11) is 1.74. The van der Waals surface area contributed by atoms with E-state index in [1.165, 1.54) is 36.8 Å². The van der Waals surface area contributed by atoms with Crippen molar-refractivity contribution in [3.8, 4) is 5.75 Å². The van der Waals surface area contributed by atoms with Crippen LogP contribution in [0, 0.1) is 12.7 Å². The molecular formula is C27H29FN4O4. The Labute approximate surface area is 209 Å². The Morgan fingerprint density at radius 2 is 1.92 bits per heavy atom. The molecule has 0 radical (unpaired) electrons. The average Bonchev–Trinajstić information content (AvgIpc) is 2.89.